The van der Waals surface area contributed by atoms with Crippen LogP contribution < -0.4 is 0 Å². The maximum atomic E-state index is 9.08. The van der Waals surface area contributed by atoms with Gasteiger partial charge in [0.05, 0.1) is 6.61 Å². The summed E-state index contributed by atoms with van der Waals surface area (Å²) in [5, 5.41) is 26.7. The van der Waals surface area contributed by atoms with Gasteiger partial charge in [0, 0.05) is 6.32 Å². The summed E-state index contributed by atoms with van der Waals surface area (Å²) in [6, 6.07) is 3.72. The fourth-order valence-electron chi connectivity index (χ4n) is 1.51. The molecule has 3 nitrogen and oxygen atoms in total. The molecule has 0 heterocycles. The van der Waals surface area contributed by atoms with Crippen molar-refractivity contribution in [3.63, 3.8) is 0 Å². The van der Waals surface area contributed by atoms with Gasteiger partial charge in [-0.3, -0.25) is 0 Å². The highest BCUT2D eigenvalue weighted by Gasteiger charge is 2.10. The summed E-state index contributed by atoms with van der Waals surface area (Å²) in [5.41, 5.74) is 3.81. The first-order valence-electron chi connectivity index (χ1n) is 4.60. The molecule has 0 aromatic heterocycles. The van der Waals surface area contributed by atoms with E-state index in [9.17, 15) is 0 Å². The predicted octanol–water partition coefficient (Wildman–Crippen LogP) is 0.350. The Kier molecular flexibility index (Phi) is 3.69. The van der Waals surface area contributed by atoms with Crippen molar-refractivity contribution in [3.8, 4) is 0 Å². The van der Waals surface area contributed by atoms with Crippen molar-refractivity contribution in [1.29, 1.82) is 0 Å². The van der Waals surface area contributed by atoms with Crippen molar-refractivity contribution in [3.05, 3.63) is 34.4 Å². The first kappa shape index (κ1) is 11.2. The lowest BCUT2D eigenvalue weighted by molar-refractivity contribution is 0.281. The maximum absolute atomic E-state index is 9.08. The lowest BCUT2D eigenvalue weighted by Crippen LogP contribution is -2.15. The second-order valence-electron chi connectivity index (χ2n) is 3.54. The Morgan fingerprint density at radius 1 is 1.21 bits per heavy atom. The molecule has 0 fully saturated rings. The highest BCUT2D eigenvalue weighted by atomic mass is 16.4. The third-order valence-corrected chi connectivity index (χ3v) is 2.42. The molecule has 0 unspecified atom stereocenters. The van der Waals surface area contributed by atoms with Gasteiger partial charge in [-0.25, -0.2) is 0 Å². The molecular formula is C10H15BO3. The van der Waals surface area contributed by atoms with Gasteiger partial charge in [-0.2, -0.15) is 0 Å². The van der Waals surface area contributed by atoms with Crippen molar-refractivity contribution >= 4 is 7.12 Å². The highest BCUT2D eigenvalue weighted by Crippen LogP contribution is 2.16. The van der Waals surface area contributed by atoms with E-state index in [4.69, 9.17) is 15.2 Å². The van der Waals surface area contributed by atoms with Crippen molar-refractivity contribution in [2.24, 2.45) is 0 Å². The van der Waals surface area contributed by atoms with Crippen molar-refractivity contribution in [2.45, 2.75) is 26.8 Å². The summed E-state index contributed by atoms with van der Waals surface area (Å²) in [6.45, 7) is 3.88. The SMILES string of the molecule is Cc1cc(CB(O)O)cc(CO)c1C. The molecule has 0 saturated carbocycles. The highest BCUT2D eigenvalue weighted by molar-refractivity contribution is 6.40. The number of benzene rings is 1. The molecule has 0 aliphatic carbocycles. The second kappa shape index (κ2) is 4.60. The van der Waals surface area contributed by atoms with Gasteiger partial charge in [0.25, 0.3) is 0 Å². The zero-order valence-electron chi connectivity index (χ0n) is 8.49. The quantitative estimate of drug-likeness (QED) is 0.608. The van der Waals surface area contributed by atoms with Crippen LogP contribution in [0.4, 0.5) is 0 Å². The molecule has 0 bridgehead atoms. The van der Waals surface area contributed by atoms with Crippen LogP contribution in [0, 0.1) is 13.8 Å². The maximum Gasteiger partial charge on any atom is 0.456 e. The lowest BCUT2D eigenvalue weighted by Gasteiger charge is -2.09. The molecule has 0 aliphatic heterocycles. The average Bonchev–Trinajstić information content (AvgIpc) is 2.10. The number of rotatable bonds is 3. The molecule has 0 saturated heterocycles. The van der Waals surface area contributed by atoms with Crippen LogP contribution in [0.5, 0.6) is 0 Å². The van der Waals surface area contributed by atoms with E-state index < -0.39 is 7.12 Å². The Bertz CT molecular complexity index is 323. The molecule has 14 heavy (non-hydrogen) atoms. The Morgan fingerprint density at radius 3 is 2.36 bits per heavy atom. The Hall–Kier alpha value is -0.835. The monoisotopic (exact) mass is 194 g/mol. The molecule has 0 atom stereocenters. The zero-order valence-corrected chi connectivity index (χ0v) is 8.49. The van der Waals surface area contributed by atoms with Gasteiger partial charge in [-0.15, -0.1) is 0 Å². The first-order chi connectivity index (χ1) is 6.54. The molecule has 4 heteroatoms. The molecule has 1 aromatic rings. The second-order valence-corrected chi connectivity index (χ2v) is 3.54. The summed E-state index contributed by atoms with van der Waals surface area (Å²) in [7, 11) is -1.33. The summed E-state index contributed by atoms with van der Waals surface area (Å²) in [4.78, 5) is 0. The molecule has 1 rings (SSSR count). The third kappa shape index (κ3) is 2.58. The predicted molar refractivity (Wildman–Crippen MR) is 55.7 cm³/mol. The van der Waals surface area contributed by atoms with Gasteiger partial charge in [-0.1, -0.05) is 12.1 Å². The van der Waals surface area contributed by atoms with Crippen molar-refractivity contribution in [1.82, 2.24) is 0 Å². The minimum atomic E-state index is -1.33. The number of hydrogen-bond donors (Lipinski definition) is 3. The number of hydrogen-bond acceptors (Lipinski definition) is 3. The van der Waals surface area contributed by atoms with Gasteiger partial charge in [0.15, 0.2) is 0 Å². The largest absolute Gasteiger partial charge is 0.456 e. The van der Waals surface area contributed by atoms with E-state index >= 15 is 0 Å². The van der Waals surface area contributed by atoms with E-state index in [-0.39, 0.29) is 12.9 Å². The third-order valence-electron chi connectivity index (χ3n) is 2.42. The van der Waals surface area contributed by atoms with Crippen LogP contribution in [-0.4, -0.2) is 22.3 Å². The molecule has 3 N–H and O–H groups in total. The Morgan fingerprint density at radius 2 is 1.86 bits per heavy atom. The van der Waals surface area contributed by atoms with Crippen molar-refractivity contribution < 1.29 is 15.2 Å². The van der Waals surface area contributed by atoms with Gasteiger partial charge in [0.1, 0.15) is 0 Å². The van der Waals surface area contributed by atoms with Gasteiger partial charge in [-0.05, 0) is 36.1 Å². The smallest absolute Gasteiger partial charge is 0.427 e. The van der Waals surface area contributed by atoms with Crippen molar-refractivity contribution in [2.75, 3.05) is 0 Å². The zero-order chi connectivity index (χ0) is 10.7. The van der Waals surface area contributed by atoms with Crippen LogP contribution in [0.1, 0.15) is 22.3 Å². The minimum absolute atomic E-state index is 0.0119. The van der Waals surface area contributed by atoms with E-state index in [1.54, 1.807) is 0 Å². The van der Waals surface area contributed by atoms with Crippen LogP contribution in [0.25, 0.3) is 0 Å². The van der Waals surface area contributed by atoms with Gasteiger partial charge >= 0.3 is 7.12 Å². The minimum Gasteiger partial charge on any atom is -0.427 e. The molecule has 76 valence electrons. The Labute approximate surface area is 84.2 Å². The van der Waals surface area contributed by atoms with Gasteiger partial charge in [0.2, 0.25) is 0 Å². The number of aliphatic hydroxyl groups is 1. The summed E-state index contributed by atoms with van der Waals surface area (Å²) < 4.78 is 0. The van der Waals surface area contributed by atoms with Crippen LogP contribution in [0.2, 0.25) is 0 Å². The average molecular weight is 194 g/mol. The molecule has 0 spiro atoms. The molecule has 1 aromatic carbocycles. The van der Waals surface area contributed by atoms with Crippen LogP contribution >= 0.6 is 0 Å². The van der Waals surface area contributed by atoms with Crippen LogP contribution in [0.3, 0.4) is 0 Å². The molecular weight excluding hydrogens is 179 g/mol. The Balaban J connectivity index is 3.03. The van der Waals surface area contributed by atoms with E-state index in [1.807, 2.05) is 26.0 Å². The molecule has 0 amide bonds. The summed E-state index contributed by atoms with van der Waals surface area (Å²) in [6.07, 6.45) is 0.202. The molecule has 0 radical (unpaired) electrons. The van der Waals surface area contributed by atoms with E-state index in [2.05, 4.69) is 0 Å². The number of aryl methyl sites for hydroxylation is 1. The van der Waals surface area contributed by atoms with E-state index in [1.165, 1.54) is 0 Å². The normalized spacial score (nSPS) is 10.4. The fourth-order valence-corrected chi connectivity index (χ4v) is 1.51. The summed E-state index contributed by atoms with van der Waals surface area (Å²) in [5.74, 6) is 0. The topological polar surface area (TPSA) is 60.7 Å². The fraction of sp³-hybridized carbons (Fsp3) is 0.400. The standard InChI is InChI=1S/C10H15BO3/c1-7-3-9(5-11(13)14)4-10(6-12)8(7)2/h3-4,12-14H,5-6H2,1-2H3. The first-order valence-corrected chi connectivity index (χ1v) is 4.60. The van der Waals surface area contributed by atoms with E-state index in [0.717, 1.165) is 22.3 Å². The molecule has 0 aliphatic rings. The van der Waals surface area contributed by atoms with Crippen LogP contribution in [-0.2, 0) is 12.9 Å². The lowest BCUT2D eigenvalue weighted by atomic mass is 9.80. The van der Waals surface area contributed by atoms with Gasteiger partial charge < -0.3 is 15.2 Å². The number of aliphatic hydroxyl groups excluding tert-OH is 1. The summed E-state index contributed by atoms with van der Waals surface area (Å²) >= 11 is 0. The van der Waals surface area contributed by atoms with E-state index in [0.29, 0.717) is 0 Å². The van der Waals surface area contributed by atoms with Crippen LogP contribution in [0.15, 0.2) is 12.1 Å².